The molecule has 0 aliphatic rings. The second-order valence-electron chi connectivity index (χ2n) is 4.82. The Bertz CT molecular complexity index is 753. The molecule has 1 unspecified atom stereocenters. The molecule has 0 saturated heterocycles. The van der Waals surface area contributed by atoms with E-state index >= 15 is 0 Å². The SMILES string of the molecule is Cc1cc(C(O)c2ccc(Cl)cc2)c2ccccc2n1. The van der Waals surface area contributed by atoms with E-state index in [9.17, 15) is 5.11 Å². The van der Waals surface area contributed by atoms with Crippen LogP contribution in [0.15, 0.2) is 54.6 Å². The van der Waals surface area contributed by atoms with Crippen molar-refractivity contribution in [1.82, 2.24) is 4.98 Å². The van der Waals surface area contributed by atoms with Gasteiger partial charge in [0, 0.05) is 16.1 Å². The molecule has 1 N–H and O–H groups in total. The summed E-state index contributed by atoms with van der Waals surface area (Å²) in [5.41, 5.74) is 3.49. The summed E-state index contributed by atoms with van der Waals surface area (Å²) in [6.07, 6.45) is -0.682. The average Bonchev–Trinajstić information content (AvgIpc) is 2.46. The van der Waals surface area contributed by atoms with Crippen molar-refractivity contribution in [3.8, 4) is 0 Å². The maximum atomic E-state index is 10.6. The van der Waals surface area contributed by atoms with E-state index < -0.39 is 6.10 Å². The average molecular weight is 284 g/mol. The zero-order chi connectivity index (χ0) is 14.1. The summed E-state index contributed by atoms with van der Waals surface area (Å²) in [7, 11) is 0. The van der Waals surface area contributed by atoms with Gasteiger partial charge in [0.15, 0.2) is 0 Å². The highest BCUT2D eigenvalue weighted by Crippen LogP contribution is 2.29. The third-order valence-electron chi connectivity index (χ3n) is 3.36. The van der Waals surface area contributed by atoms with Gasteiger partial charge in [-0.05, 0) is 42.3 Å². The molecule has 0 aliphatic heterocycles. The number of para-hydroxylation sites is 1. The van der Waals surface area contributed by atoms with Gasteiger partial charge in [0.2, 0.25) is 0 Å². The first-order valence-electron chi connectivity index (χ1n) is 6.45. The Labute approximate surface area is 122 Å². The summed E-state index contributed by atoms with van der Waals surface area (Å²) in [6.45, 7) is 1.94. The van der Waals surface area contributed by atoms with Crippen molar-refractivity contribution in [2.75, 3.05) is 0 Å². The van der Waals surface area contributed by atoms with Crippen LogP contribution in [0.5, 0.6) is 0 Å². The van der Waals surface area contributed by atoms with E-state index in [1.807, 2.05) is 49.4 Å². The molecular weight excluding hydrogens is 270 g/mol. The minimum Gasteiger partial charge on any atom is -0.384 e. The van der Waals surface area contributed by atoms with Gasteiger partial charge in [-0.25, -0.2) is 0 Å². The number of benzene rings is 2. The van der Waals surface area contributed by atoms with Crippen molar-refractivity contribution >= 4 is 22.5 Å². The Morgan fingerprint density at radius 1 is 1.05 bits per heavy atom. The first-order chi connectivity index (χ1) is 9.65. The van der Waals surface area contributed by atoms with E-state index in [2.05, 4.69) is 4.98 Å². The van der Waals surface area contributed by atoms with Crippen LogP contribution in [0.1, 0.15) is 22.9 Å². The van der Waals surface area contributed by atoms with Crippen LogP contribution < -0.4 is 0 Å². The summed E-state index contributed by atoms with van der Waals surface area (Å²) in [5, 5.41) is 12.3. The standard InChI is InChI=1S/C17H14ClNO/c1-11-10-15(14-4-2-3-5-16(14)19-11)17(20)12-6-8-13(18)9-7-12/h2-10,17,20H,1H3. The number of hydrogen-bond acceptors (Lipinski definition) is 2. The maximum absolute atomic E-state index is 10.6. The maximum Gasteiger partial charge on any atom is 0.105 e. The highest BCUT2D eigenvalue weighted by atomic mass is 35.5. The van der Waals surface area contributed by atoms with Crippen LogP contribution in [0.4, 0.5) is 0 Å². The normalized spacial score (nSPS) is 12.6. The Morgan fingerprint density at radius 3 is 2.50 bits per heavy atom. The van der Waals surface area contributed by atoms with E-state index in [-0.39, 0.29) is 0 Å². The van der Waals surface area contributed by atoms with Gasteiger partial charge >= 0.3 is 0 Å². The minimum atomic E-state index is -0.682. The van der Waals surface area contributed by atoms with Gasteiger partial charge in [-0.2, -0.15) is 0 Å². The van der Waals surface area contributed by atoms with Crippen molar-refractivity contribution in [3.05, 3.63) is 76.4 Å². The number of aromatic nitrogens is 1. The van der Waals surface area contributed by atoms with E-state index in [4.69, 9.17) is 11.6 Å². The topological polar surface area (TPSA) is 33.1 Å². The fourth-order valence-corrected chi connectivity index (χ4v) is 2.52. The van der Waals surface area contributed by atoms with Gasteiger partial charge in [0.1, 0.15) is 6.10 Å². The number of pyridine rings is 1. The number of fused-ring (bicyclic) bond motifs is 1. The van der Waals surface area contributed by atoms with Crippen LogP contribution in [0.3, 0.4) is 0 Å². The molecule has 0 bridgehead atoms. The van der Waals surface area contributed by atoms with Gasteiger partial charge in [-0.15, -0.1) is 0 Å². The molecule has 0 fully saturated rings. The zero-order valence-corrected chi connectivity index (χ0v) is 11.8. The summed E-state index contributed by atoms with van der Waals surface area (Å²) >= 11 is 5.89. The molecular formula is C17H14ClNO. The van der Waals surface area contributed by atoms with Crippen molar-refractivity contribution in [2.45, 2.75) is 13.0 Å². The largest absolute Gasteiger partial charge is 0.384 e. The number of nitrogens with zero attached hydrogens (tertiary/aromatic N) is 1. The van der Waals surface area contributed by atoms with Crippen LogP contribution in [0, 0.1) is 6.92 Å². The summed E-state index contributed by atoms with van der Waals surface area (Å²) < 4.78 is 0. The molecule has 0 spiro atoms. The molecule has 0 aliphatic carbocycles. The fourth-order valence-electron chi connectivity index (χ4n) is 2.39. The van der Waals surface area contributed by atoms with E-state index in [0.717, 1.165) is 27.7 Å². The first kappa shape index (κ1) is 13.1. The summed E-state index contributed by atoms with van der Waals surface area (Å²) in [4.78, 5) is 4.49. The highest BCUT2D eigenvalue weighted by Gasteiger charge is 2.14. The lowest BCUT2D eigenvalue weighted by Crippen LogP contribution is -2.02. The monoisotopic (exact) mass is 283 g/mol. The van der Waals surface area contributed by atoms with E-state index in [1.165, 1.54) is 0 Å². The molecule has 20 heavy (non-hydrogen) atoms. The van der Waals surface area contributed by atoms with Gasteiger partial charge < -0.3 is 5.11 Å². The minimum absolute atomic E-state index is 0.664. The number of aryl methyl sites for hydroxylation is 1. The summed E-state index contributed by atoms with van der Waals surface area (Å²) in [5.74, 6) is 0. The van der Waals surface area contributed by atoms with Crippen LogP contribution in [-0.4, -0.2) is 10.1 Å². The molecule has 2 nitrogen and oxygen atoms in total. The Morgan fingerprint density at radius 2 is 1.75 bits per heavy atom. The molecule has 0 amide bonds. The molecule has 0 radical (unpaired) electrons. The molecule has 100 valence electrons. The molecule has 1 aromatic heterocycles. The van der Waals surface area contributed by atoms with Gasteiger partial charge in [0.25, 0.3) is 0 Å². The smallest absolute Gasteiger partial charge is 0.105 e. The van der Waals surface area contributed by atoms with Crippen molar-refractivity contribution in [1.29, 1.82) is 0 Å². The van der Waals surface area contributed by atoms with Crippen LogP contribution >= 0.6 is 11.6 Å². The van der Waals surface area contributed by atoms with Crippen LogP contribution in [-0.2, 0) is 0 Å². The van der Waals surface area contributed by atoms with Gasteiger partial charge in [-0.1, -0.05) is 41.9 Å². The molecule has 3 aromatic rings. The number of aliphatic hydroxyl groups is 1. The molecule has 2 aromatic carbocycles. The molecule has 0 saturated carbocycles. The van der Waals surface area contributed by atoms with Gasteiger partial charge in [-0.3, -0.25) is 4.98 Å². The fraction of sp³-hybridized carbons (Fsp3) is 0.118. The second-order valence-corrected chi connectivity index (χ2v) is 5.26. The zero-order valence-electron chi connectivity index (χ0n) is 11.0. The lowest BCUT2D eigenvalue weighted by molar-refractivity contribution is 0.221. The van der Waals surface area contributed by atoms with Gasteiger partial charge in [0.05, 0.1) is 5.52 Å². The van der Waals surface area contributed by atoms with Crippen LogP contribution in [0.25, 0.3) is 10.9 Å². The van der Waals surface area contributed by atoms with Crippen molar-refractivity contribution in [3.63, 3.8) is 0 Å². The highest BCUT2D eigenvalue weighted by molar-refractivity contribution is 6.30. The Kier molecular flexibility index (Phi) is 3.43. The molecule has 1 atom stereocenters. The Balaban J connectivity index is 2.15. The quantitative estimate of drug-likeness (QED) is 0.761. The van der Waals surface area contributed by atoms with E-state index in [1.54, 1.807) is 12.1 Å². The third-order valence-corrected chi connectivity index (χ3v) is 3.61. The molecule has 1 heterocycles. The molecule has 3 heteroatoms. The van der Waals surface area contributed by atoms with Crippen molar-refractivity contribution in [2.24, 2.45) is 0 Å². The second kappa shape index (κ2) is 5.23. The van der Waals surface area contributed by atoms with Crippen LogP contribution in [0.2, 0.25) is 5.02 Å². The first-order valence-corrected chi connectivity index (χ1v) is 6.83. The predicted octanol–water partition coefficient (Wildman–Crippen LogP) is 4.28. The number of rotatable bonds is 2. The number of halogens is 1. The Hall–Kier alpha value is -1.90. The lowest BCUT2D eigenvalue weighted by atomic mass is 9.97. The lowest BCUT2D eigenvalue weighted by Gasteiger charge is -2.15. The third kappa shape index (κ3) is 2.40. The molecule has 3 rings (SSSR count). The summed E-state index contributed by atoms with van der Waals surface area (Å²) in [6, 6.07) is 17.0. The van der Waals surface area contributed by atoms with Crippen molar-refractivity contribution < 1.29 is 5.11 Å². The predicted molar refractivity (Wildman–Crippen MR) is 82.0 cm³/mol. The number of aliphatic hydroxyl groups excluding tert-OH is 1. The number of hydrogen-bond donors (Lipinski definition) is 1. The van der Waals surface area contributed by atoms with E-state index in [0.29, 0.717) is 5.02 Å².